The first-order valence-electron chi connectivity index (χ1n) is 7.12. The number of anilines is 1. The van der Waals surface area contributed by atoms with Crippen molar-refractivity contribution in [2.45, 2.75) is 38.7 Å². The van der Waals surface area contributed by atoms with E-state index in [4.69, 9.17) is 4.74 Å². The Labute approximate surface area is 135 Å². The molecular formula is C16H19FN2O3S. The van der Waals surface area contributed by atoms with E-state index in [-0.39, 0.29) is 16.7 Å². The molecule has 0 aliphatic rings. The minimum absolute atomic E-state index is 0.103. The van der Waals surface area contributed by atoms with Gasteiger partial charge in [-0.25, -0.2) is 12.8 Å². The highest BCUT2D eigenvalue weighted by atomic mass is 32.2. The van der Waals surface area contributed by atoms with E-state index < -0.39 is 15.8 Å². The van der Waals surface area contributed by atoms with Crippen molar-refractivity contribution >= 4 is 15.7 Å². The summed E-state index contributed by atoms with van der Waals surface area (Å²) in [5, 5.41) is 0. The summed E-state index contributed by atoms with van der Waals surface area (Å²) in [5.41, 5.74) is 1.66. The van der Waals surface area contributed by atoms with Crippen LogP contribution in [0.4, 0.5) is 10.1 Å². The fraction of sp³-hybridized carbons (Fsp3) is 0.312. The van der Waals surface area contributed by atoms with Crippen molar-refractivity contribution < 1.29 is 17.5 Å². The Morgan fingerprint density at radius 3 is 2.48 bits per heavy atom. The van der Waals surface area contributed by atoms with Crippen molar-refractivity contribution in [3.8, 4) is 5.75 Å². The lowest BCUT2D eigenvalue weighted by Gasteiger charge is -2.16. The number of benzene rings is 1. The summed E-state index contributed by atoms with van der Waals surface area (Å²) in [4.78, 5) is 3.96. The van der Waals surface area contributed by atoms with E-state index in [1.807, 2.05) is 6.92 Å². The highest BCUT2D eigenvalue weighted by Crippen LogP contribution is 2.28. The molecule has 1 aromatic heterocycles. The summed E-state index contributed by atoms with van der Waals surface area (Å²) in [6.45, 7) is 7.04. The van der Waals surface area contributed by atoms with Gasteiger partial charge >= 0.3 is 0 Å². The number of ether oxygens (including phenoxy) is 1. The molecule has 0 radical (unpaired) electrons. The maximum atomic E-state index is 13.5. The second kappa shape index (κ2) is 6.54. The van der Waals surface area contributed by atoms with E-state index in [2.05, 4.69) is 9.71 Å². The number of sulfonamides is 1. The largest absolute Gasteiger partial charge is 0.490 e. The molecule has 0 aliphatic heterocycles. The quantitative estimate of drug-likeness (QED) is 0.907. The zero-order valence-electron chi connectivity index (χ0n) is 13.4. The summed E-state index contributed by atoms with van der Waals surface area (Å²) in [6.07, 6.45) is -0.239. The van der Waals surface area contributed by atoms with E-state index in [0.717, 1.165) is 17.8 Å². The van der Waals surface area contributed by atoms with Gasteiger partial charge in [0.05, 0.1) is 17.5 Å². The molecule has 0 bridgehead atoms. The third-order valence-electron chi connectivity index (χ3n) is 3.03. The van der Waals surface area contributed by atoms with Crippen LogP contribution >= 0.6 is 0 Å². The Bertz CT molecular complexity index is 820. The number of nitrogens with zero attached hydrogens (tertiary/aromatic N) is 1. The number of nitrogens with one attached hydrogen (secondary N) is 1. The fourth-order valence-electron chi connectivity index (χ4n) is 2.04. The Hall–Kier alpha value is -2.15. The van der Waals surface area contributed by atoms with Crippen LogP contribution in [0.5, 0.6) is 5.75 Å². The van der Waals surface area contributed by atoms with Gasteiger partial charge in [0.2, 0.25) is 0 Å². The number of halogens is 1. The van der Waals surface area contributed by atoms with Gasteiger partial charge in [0.25, 0.3) is 10.0 Å². The van der Waals surface area contributed by atoms with Crippen molar-refractivity contribution in [3.63, 3.8) is 0 Å². The lowest BCUT2D eigenvalue weighted by molar-refractivity contribution is 0.235. The number of aromatic nitrogens is 1. The van der Waals surface area contributed by atoms with Gasteiger partial charge in [-0.3, -0.25) is 9.71 Å². The molecule has 23 heavy (non-hydrogen) atoms. The molecule has 0 atom stereocenters. The van der Waals surface area contributed by atoms with Crippen LogP contribution in [0, 0.1) is 19.7 Å². The molecule has 0 saturated carbocycles. The smallest absolute Gasteiger partial charge is 0.265 e. The van der Waals surface area contributed by atoms with E-state index in [0.29, 0.717) is 11.4 Å². The summed E-state index contributed by atoms with van der Waals surface area (Å²) in [6, 6.07) is 6.73. The first-order chi connectivity index (χ1) is 10.7. The Morgan fingerprint density at radius 2 is 1.87 bits per heavy atom. The molecule has 1 N–H and O–H groups in total. The number of pyridine rings is 1. The molecule has 0 unspecified atom stereocenters. The highest BCUT2D eigenvalue weighted by molar-refractivity contribution is 7.92. The number of hydrogen-bond acceptors (Lipinski definition) is 4. The van der Waals surface area contributed by atoms with Gasteiger partial charge in [0, 0.05) is 5.69 Å². The molecule has 1 aromatic carbocycles. The third kappa shape index (κ3) is 4.19. The van der Waals surface area contributed by atoms with Crippen LogP contribution < -0.4 is 9.46 Å². The molecular weight excluding hydrogens is 319 g/mol. The van der Waals surface area contributed by atoms with Crippen molar-refractivity contribution in [1.82, 2.24) is 4.98 Å². The molecule has 2 aromatic rings. The third-order valence-corrected chi connectivity index (χ3v) is 4.41. The molecule has 0 aliphatic carbocycles. The second-order valence-corrected chi connectivity index (χ2v) is 7.10. The highest BCUT2D eigenvalue weighted by Gasteiger charge is 2.22. The zero-order chi connectivity index (χ0) is 17.2. The Balaban J connectivity index is 2.44. The fourth-order valence-corrected chi connectivity index (χ4v) is 3.30. The van der Waals surface area contributed by atoms with Crippen LogP contribution in [0.1, 0.15) is 25.2 Å². The second-order valence-electron chi connectivity index (χ2n) is 5.45. The van der Waals surface area contributed by atoms with E-state index in [1.54, 1.807) is 32.9 Å². The number of aryl methyl sites for hydroxylation is 2. The SMILES string of the molecule is Cc1ccc(NS(=O)(=O)c2cc(F)ccc2OC(C)C)c(C)n1. The zero-order valence-corrected chi connectivity index (χ0v) is 14.2. The summed E-state index contributed by atoms with van der Waals surface area (Å²) in [7, 11) is -4.00. The molecule has 0 spiro atoms. The predicted molar refractivity (Wildman–Crippen MR) is 86.7 cm³/mol. The molecule has 0 fully saturated rings. The number of rotatable bonds is 5. The topological polar surface area (TPSA) is 68.3 Å². The minimum Gasteiger partial charge on any atom is -0.490 e. The predicted octanol–water partition coefficient (Wildman–Crippen LogP) is 3.43. The van der Waals surface area contributed by atoms with Gasteiger partial charge in [-0.15, -0.1) is 0 Å². The molecule has 0 amide bonds. The Morgan fingerprint density at radius 1 is 1.17 bits per heavy atom. The van der Waals surface area contributed by atoms with E-state index in [1.165, 1.54) is 6.07 Å². The molecule has 124 valence electrons. The van der Waals surface area contributed by atoms with E-state index >= 15 is 0 Å². The first-order valence-corrected chi connectivity index (χ1v) is 8.60. The molecule has 0 saturated heterocycles. The van der Waals surface area contributed by atoms with Gasteiger partial charge in [0.15, 0.2) is 0 Å². The van der Waals surface area contributed by atoms with Crippen LogP contribution in [0.3, 0.4) is 0 Å². The van der Waals surface area contributed by atoms with Crippen LogP contribution in [0.25, 0.3) is 0 Å². The molecule has 7 heteroatoms. The summed E-state index contributed by atoms with van der Waals surface area (Å²) < 4.78 is 46.6. The van der Waals surface area contributed by atoms with Gasteiger partial charge in [0.1, 0.15) is 16.5 Å². The maximum absolute atomic E-state index is 13.5. The van der Waals surface area contributed by atoms with Gasteiger partial charge in [-0.1, -0.05) is 0 Å². The van der Waals surface area contributed by atoms with Crippen LogP contribution in [0.15, 0.2) is 35.2 Å². The van der Waals surface area contributed by atoms with Crippen molar-refractivity contribution in [3.05, 3.63) is 47.5 Å². The average Bonchev–Trinajstić information content (AvgIpc) is 2.43. The van der Waals surface area contributed by atoms with Gasteiger partial charge in [-0.05, 0) is 58.0 Å². The minimum atomic E-state index is -4.00. The lowest BCUT2D eigenvalue weighted by atomic mass is 10.3. The average molecular weight is 338 g/mol. The van der Waals surface area contributed by atoms with Crippen molar-refractivity contribution in [2.75, 3.05) is 4.72 Å². The van der Waals surface area contributed by atoms with Crippen LogP contribution in [0.2, 0.25) is 0 Å². The molecule has 2 rings (SSSR count). The first kappa shape index (κ1) is 17.2. The number of hydrogen-bond donors (Lipinski definition) is 1. The van der Waals surface area contributed by atoms with Crippen molar-refractivity contribution in [2.24, 2.45) is 0 Å². The Kier molecular flexibility index (Phi) is 4.89. The summed E-state index contributed by atoms with van der Waals surface area (Å²) >= 11 is 0. The van der Waals surface area contributed by atoms with Crippen LogP contribution in [-0.2, 0) is 10.0 Å². The van der Waals surface area contributed by atoms with Crippen LogP contribution in [-0.4, -0.2) is 19.5 Å². The van der Waals surface area contributed by atoms with Crippen molar-refractivity contribution in [1.29, 1.82) is 0 Å². The van der Waals surface area contributed by atoms with Gasteiger partial charge < -0.3 is 4.74 Å². The molecule has 5 nitrogen and oxygen atoms in total. The summed E-state index contributed by atoms with van der Waals surface area (Å²) in [5.74, 6) is -0.549. The molecule has 1 heterocycles. The van der Waals surface area contributed by atoms with Gasteiger partial charge in [-0.2, -0.15) is 0 Å². The maximum Gasteiger partial charge on any atom is 0.265 e. The normalized spacial score (nSPS) is 11.6. The monoisotopic (exact) mass is 338 g/mol. The lowest BCUT2D eigenvalue weighted by Crippen LogP contribution is -2.17. The van der Waals surface area contributed by atoms with E-state index in [9.17, 15) is 12.8 Å². The standard InChI is InChI=1S/C16H19FN2O3S/c1-10(2)22-15-8-6-13(17)9-16(15)23(20,21)19-14-7-5-11(3)18-12(14)4/h5-10,19H,1-4H3.